The van der Waals surface area contributed by atoms with Crippen molar-refractivity contribution in [2.24, 2.45) is 0 Å². The topological polar surface area (TPSA) is 89.3 Å². The maximum Gasteiger partial charge on any atom is 0.232 e. The predicted octanol–water partition coefficient (Wildman–Crippen LogP) is 2.75. The summed E-state index contributed by atoms with van der Waals surface area (Å²) in [5, 5.41) is 10.3. The van der Waals surface area contributed by atoms with Gasteiger partial charge in [-0.2, -0.15) is 4.98 Å². The van der Waals surface area contributed by atoms with E-state index < -0.39 is 0 Å². The third kappa shape index (κ3) is 1.79. The largest absolute Gasteiger partial charge is 0.504 e. The van der Waals surface area contributed by atoms with Crippen LogP contribution in [0.3, 0.4) is 0 Å². The molecule has 0 aliphatic carbocycles. The standard InChI is InChI=1S/C15H14N2O3/c1-7(2)8-3-4-12-9(5-8)13(19)10-6-11(18)14(16)17-15(10)20-12/h3-7,18H,1-2H3,(H2,16,17). The minimum absolute atomic E-state index is 0.0567. The van der Waals surface area contributed by atoms with Gasteiger partial charge < -0.3 is 15.3 Å². The van der Waals surface area contributed by atoms with E-state index in [2.05, 4.69) is 18.8 Å². The summed E-state index contributed by atoms with van der Waals surface area (Å²) < 4.78 is 5.60. The summed E-state index contributed by atoms with van der Waals surface area (Å²) in [6.07, 6.45) is 0. The van der Waals surface area contributed by atoms with Crippen molar-refractivity contribution >= 4 is 27.9 Å². The van der Waals surface area contributed by atoms with Crippen LogP contribution in [0.5, 0.6) is 5.75 Å². The Morgan fingerprint density at radius 2 is 2.00 bits per heavy atom. The van der Waals surface area contributed by atoms with Crippen LogP contribution in [0.2, 0.25) is 0 Å². The molecule has 20 heavy (non-hydrogen) atoms. The summed E-state index contributed by atoms with van der Waals surface area (Å²) in [4.78, 5) is 16.4. The van der Waals surface area contributed by atoms with Gasteiger partial charge in [-0.15, -0.1) is 0 Å². The lowest BCUT2D eigenvalue weighted by atomic mass is 10.0. The fourth-order valence-electron chi connectivity index (χ4n) is 2.16. The van der Waals surface area contributed by atoms with E-state index in [0.717, 1.165) is 5.56 Å². The monoisotopic (exact) mass is 270 g/mol. The first-order valence-corrected chi connectivity index (χ1v) is 6.33. The molecule has 5 nitrogen and oxygen atoms in total. The highest BCUT2D eigenvalue weighted by Crippen LogP contribution is 2.26. The van der Waals surface area contributed by atoms with Crippen LogP contribution in [0.1, 0.15) is 25.3 Å². The Bertz CT molecular complexity index is 882. The lowest BCUT2D eigenvalue weighted by Crippen LogP contribution is -2.05. The van der Waals surface area contributed by atoms with E-state index in [-0.39, 0.29) is 28.1 Å². The first kappa shape index (κ1) is 12.5. The fraction of sp³-hybridized carbons (Fsp3) is 0.200. The molecule has 0 saturated heterocycles. The molecule has 3 aromatic rings. The van der Waals surface area contributed by atoms with Crippen molar-refractivity contribution in [3.05, 3.63) is 40.1 Å². The van der Waals surface area contributed by atoms with Crippen molar-refractivity contribution in [1.29, 1.82) is 0 Å². The summed E-state index contributed by atoms with van der Waals surface area (Å²) >= 11 is 0. The second-order valence-corrected chi connectivity index (χ2v) is 5.09. The van der Waals surface area contributed by atoms with Crippen LogP contribution in [0, 0.1) is 0 Å². The second-order valence-electron chi connectivity index (χ2n) is 5.09. The molecule has 3 N–H and O–H groups in total. The normalized spacial score (nSPS) is 11.6. The molecular formula is C15H14N2O3. The van der Waals surface area contributed by atoms with Gasteiger partial charge in [-0.1, -0.05) is 19.9 Å². The summed E-state index contributed by atoms with van der Waals surface area (Å²) in [5.74, 6) is 0.0374. The Morgan fingerprint density at radius 3 is 2.70 bits per heavy atom. The van der Waals surface area contributed by atoms with Gasteiger partial charge in [-0.05, 0) is 23.6 Å². The molecule has 0 amide bonds. The fourth-order valence-corrected chi connectivity index (χ4v) is 2.16. The van der Waals surface area contributed by atoms with Crippen molar-refractivity contribution < 1.29 is 9.52 Å². The molecule has 0 saturated carbocycles. The van der Waals surface area contributed by atoms with Gasteiger partial charge in [0.15, 0.2) is 11.6 Å². The predicted molar refractivity (Wildman–Crippen MR) is 78.0 cm³/mol. The molecule has 2 aromatic heterocycles. The van der Waals surface area contributed by atoms with Gasteiger partial charge >= 0.3 is 0 Å². The Kier molecular flexibility index (Phi) is 2.64. The highest BCUT2D eigenvalue weighted by molar-refractivity contribution is 5.89. The summed E-state index contributed by atoms with van der Waals surface area (Å²) in [7, 11) is 0. The van der Waals surface area contributed by atoms with Crippen LogP contribution in [-0.4, -0.2) is 10.1 Å². The highest BCUT2D eigenvalue weighted by atomic mass is 16.3. The smallest absolute Gasteiger partial charge is 0.232 e. The number of fused-ring (bicyclic) bond motifs is 2. The van der Waals surface area contributed by atoms with E-state index in [1.807, 2.05) is 12.1 Å². The highest BCUT2D eigenvalue weighted by Gasteiger charge is 2.12. The zero-order chi connectivity index (χ0) is 14.4. The van der Waals surface area contributed by atoms with Crippen molar-refractivity contribution in [2.75, 3.05) is 5.73 Å². The maximum absolute atomic E-state index is 12.5. The first-order chi connectivity index (χ1) is 9.47. The zero-order valence-electron chi connectivity index (χ0n) is 11.2. The molecule has 1 aromatic carbocycles. The van der Waals surface area contributed by atoms with Crippen LogP contribution in [-0.2, 0) is 0 Å². The van der Waals surface area contributed by atoms with Crippen molar-refractivity contribution in [3.8, 4) is 5.75 Å². The Hall–Kier alpha value is -2.56. The minimum atomic E-state index is -0.218. The summed E-state index contributed by atoms with van der Waals surface area (Å²) in [6.45, 7) is 4.11. The lowest BCUT2D eigenvalue weighted by Gasteiger charge is -2.07. The molecule has 0 unspecified atom stereocenters. The molecule has 2 heterocycles. The molecule has 102 valence electrons. The van der Waals surface area contributed by atoms with E-state index in [1.165, 1.54) is 6.07 Å². The Morgan fingerprint density at radius 1 is 1.25 bits per heavy atom. The molecule has 0 fully saturated rings. The number of anilines is 1. The van der Waals surface area contributed by atoms with Crippen LogP contribution in [0.15, 0.2) is 33.5 Å². The second kappa shape index (κ2) is 4.23. The van der Waals surface area contributed by atoms with E-state index in [9.17, 15) is 9.90 Å². The van der Waals surface area contributed by atoms with Gasteiger partial charge in [-0.3, -0.25) is 4.79 Å². The number of nitrogen functional groups attached to an aromatic ring is 1. The van der Waals surface area contributed by atoms with Crippen LogP contribution in [0.4, 0.5) is 5.82 Å². The molecule has 5 heteroatoms. The first-order valence-electron chi connectivity index (χ1n) is 6.33. The lowest BCUT2D eigenvalue weighted by molar-refractivity contribution is 0.476. The molecule has 0 bridgehead atoms. The van der Waals surface area contributed by atoms with Gasteiger partial charge in [0.2, 0.25) is 11.1 Å². The zero-order valence-corrected chi connectivity index (χ0v) is 11.2. The van der Waals surface area contributed by atoms with Gasteiger partial charge in [0.1, 0.15) is 5.58 Å². The number of hydrogen-bond acceptors (Lipinski definition) is 5. The van der Waals surface area contributed by atoms with Crippen molar-refractivity contribution in [1.82, 2.24) is 4.98 Å². The van der Waals surface area contributed by atoms with Crippen LogP contribution < -0.4 is 11.2 Å². The molecular weight excluding hydrogens is 256 g/mol. The molecule has 0 atom stereocenters. The minimum Gasteiger partial charge on any atom is -0.504 e. The molecule has 0 aliphatic heterocycles. The number of nitrogens with two attached hydrogens (primary N) is 1. The maximum atomic E-state index is 12.5. The van der Waals surface area contributed by atoms with E-state index in [0.29, 0.717) is 16.9 Å². The molecule has 0 radical (unpaired) electrons. The summed E-state index contributed by atoms with van der Waals surface area (Å²) in [6, 6.07) is 6.80. The number of aromatic nitrogens is 1. The van der Waals surface area contributed by atoms with Gasteiger partial charge in [0.05, 0.1) is 10.8 Å². The number of pyridine rings is 1. The Balaban J connectivity index is 2.45. The van der Waals surface area contributed by atoms with Crippen molar-refractivity contribution in [3.63, 3.8) is 0 Å². The number of nitrogens with zero attached hydrogens (tertiary/aromatic N) is 1. The number of aromatic hydroxyl groups is 1. The summed E-state index contributed by atoms with van der Waals surface area (Å²) in [5.41, 5.74) is 6.95. The molecule has 0 spiro atoms. The van der Waals surface area contributed by atoms with Crippen molar-refractivity contribution in [2.45, 2.75) is 19.8 Å². The van der Waals surface area contributed by atoms with E-state index in [1.54, 1.807) is 6.07 Å². The van der Waals surface area contributed by atoms with Crippen LogP contribution in [0.25, 0.3) is 22.1 Å². The van der Waals surface area contributed by atoms with Crippen LogP contribution >= 0.6 is 0 Å². The van der Waals surface area contributed by atoms with E-state index >= 15 is 0 Å². The average molecular weight is 270 g/mol. The third-order valence-corrected chi connectivity index (χ3v) is 3.36. The van der Waals surface area contributed by atoms with Gasteiger partial charge in [-0.25, -0.2) is 0 Å². The Labute approximate surface area is 114 Å². The molecule has 3 rings (SSSR count). The number of hydrogen-bond donors (Lipinski definition) is 2. The van der Waals surface area contributed by atoms with Gasteiger partial charge in [0.25, 0.3) is 0 Å². The molecule has 0 aliphatic rings. The number of benzene rings is 1. The SMILES string of the molecule is CC(C)c1ccc2oc3nc(N)c(O)cc3c(=O)c2c1. The van der Waals surface area contributed by atoms with E-state index in [4.69, 9.17) is 10.2 Å². The third-order valence-electron chi connectivity index (χ3n) is 3.36. The van der Waals surface area contributed by atoms with Gasteiger partial charge in [0, 0.05) is 6.07 Å². The quantitative estimate of drug-likeness (QED) is 0.664. The average Bonchev–Trinajstić information content (AvgIpc) is 2.41. The number of rotatable bonds is 1.